The predicted octanol–water partition coefficient (Wildman–Crippen LogP) is 1.64. The lowest BCUT2D eigenvalue weighted by molar-refractivity contribution is -0.142. The second-order valence-electron chi connectivity index (χ2n) is 3.79. The van der Waals surface area contributed by atoms with E-state index in [4.69, 9.17) is 22.1 Å². The van der Waals surface area contributed by atoms with Crippen molar-refractivity contribution in [3.05, 3.63) is 22.7 Å². The van der Waals surface area contributed by atoms with E-state index in [0.29, 0.717) is 5.69 Å². The molecule has 0 saturated heterocycles. The minimum absolute atomic E-state index is 0. The molecule has 1 aromatic rings. The van der Waals surface area contributed by atoms with Gasteiger partial charge in [-0.25, -0.2) is 4.79 Å². The van der Waals surface area contributed by atoms with Gasteiger partial charge in [0.05, 0.1) is 30.5 Å². The topological polar surface area (TPSA) is 90.7 Å². The molecular formula is C12H16Cl2N2O4. The van der Waals surface area contributed by atoms with Crippen molar-refractivity contribution in [1.82, 2.24) is 5.32 Å². The normalized spacial score (nSPS) is 11.0. The van der Waals surface area contributed by atoms with Crippen molar-refractivity contribution in [2.24, 2.45) is 0 Å². The van der Waals surface area contributed by atoms with Crippen LogP contribution in [0, 0.1) is 0 Å². The fourth-order valence-corrected chi connectivity index (χ4v) is 1.59. The zero-order valence-electron chi connectivity index (χ0n) is 11.2. The van der Waals surface area contributed by atoms with Crippen molar-refractivity contribution >= 4 is 41.6 Å². The number of nitrogen functional groups attached to an aromatic ring is 1. The first-order valence-electron chi connectivity index (χ1n) is 5.42. The summed E-state index contributed by atoms with van der Waals surface area (Å²) in [6.45, 7) is 1.51. The molecule has 0 bridgehead atoms. The highest BCUT2D eigenvalue weighted by Crippen LogP contribution is 2.28. The van der Waals surface area contributed by atoms with Crippen LogP contribution in [0.3, 0.4) is 0 Å². The Balaban J connectivity index is 0.00000361. The average Bonchev–Trinajstić information content (AvgIpc) is 2.39. The molecule has 0 fully saturated rings. The number of esters is 1. The summed E-state index contributed by atoms with van der Waals surface area (Å²) in [5, 5.41) is 2.71. The molecule has 112 valence electrons. The minimum atomic E-state index is -0.779. The number of ether oxygens (including phenoxy) is 2. The molecule has 0 aliphatic carbocycles. The number of nitrogens with two attached hydrogens (primary N) is 1. The van der Waals surface area contributed by atoms with Crippen molar-refractivity contribution in [2.45, 2.75) is 13.0 Å². The molecule has 1 amide bonds. The molecule has 1 atom stereocenters. The maximum atomic E-state index is 12.0. The van der Waals surface area contributed by atoms with Gasteiger partial charge in [0.2, 0.25) is 0 Å². The number of methoxy groups -OCH3 is 2. The van der Waals surface area contributed by atoms with E-state index in [2.05, 4.69) is 10.1 Å². The summed E-state index contributed by atoms with van der Waals surface area (Å²) in [6.07, 6.45) is 0. The third-order valence-electron chi connectivity index (χ3n) is 2.47. The van der Waals surface area contributed by atoms with Gasteiger partial charge in [0.1, 0.15) is 11.8 Å². The molecule has 3 N–H and O–H groups in total. The molecule has 0 unspecified atom stereocenters. The number of rotatable bonds is 4. The molecule has 1 aromatic carbocycles. The molecule has 0 saturated carbocycles. The second-order valence-corrected chi connectivity index (χ2v) is 4.20. The molecule has 0 aliphatic rings. The predicted molar refractivity (Wildman–Crippen MR) is 78.6 cm³/mol. The number of carbonyl (C=O) groups is 2. The second kappa shape index (κ2) is 7.81. The van der Waals surface area contributed by atoms with Gasteiger partial charge in [0, 0.05) is 6.07 Å². The smallest absolute Gasteiger partial charge is 0.328 e. The van der Waals surface area contributed by atoms with E-state index in [1.54, 1.807) is 0 Å². The van der Waals surface area contributed by atoms with E-state index in [1.165, 1.54) is 33.3 Å². The van der Waals surface area contributed by atoms with Crippen LogP contribution in [-0.4, -0.2) is 32.1 Å². The van der Waals surface area contributed by atoms with Crippen molar-refractivity contribution in [1.29, 1.82) is 0 Å². The number of hydrogen-bond donors (Lipinski definition) is 2. The third-order valence-corrected chi connectivity index (χ3v) is 2.79. The van der Waals surface area contributed by atoms with Crippen LogP contribution in [-0.2, 0) is 9.53 Å². The number of halogens is 2. The highest BCUT2D eigenvalue weighted by atomic mass is 35.5. The fraction of sp³-hybridized carbons (Fsp3) is 0.333. The molecule has 6 nitrogen and oxygen atoms in total. The Hall–Kier alpha value is -1.66. The van der Waals surface area contributed by atoms with Crippen LogP contribution >= 0.6 is 24.0 Å². The lowest BCUT2D eigenvalue weighted by Gasteiger charge is -2.14. The third kappa shape index (κ3) is 4.18. The van der Waals surface area contributed by atoms with Crippen molar-refractivity contribution < 1.29 is 19.1 Å². The number of benzene rings is 1. The summed E-state index contributed by atoms with van der Waals surface area (Å²) in [5.74, 6) is -0.776. The lowest BCUT2D eigenvalue weighted by atomic mass is 10.1. The Morgan fingerprint density at radius 1 is 1.35 bits per heavy atom. The maximum absolute atomic E-state index is 12.0. The van der Waals surface area contributed by atoms with Crippen LogP contribution in [0.25, 0.3) is 0 Å². The van der Waals surface area contributed by atoms with Crippen LogP contribution in [0.5, 0.6) is 5.75 Å². The number of anilines is 1. The van der Waals surface area contributed by atoms with Crippen molar-refractivity contribution in [2.75, 3.05) is 20.0 Å². The van der Waals surface area contributed by atoms with E-state index < -0.39 is 17.9 Å². The molecule has 8 heteroatoms. The molecular weight excluding hydrogens is 307 g/mol. The molecule has 0 radical (unpaired) electrons. The SMILES string of the molecule is COC(=O)[C@@H](C)NC(=O)c1cc(Cl)c(N)cc1OC.Cl. The first-order valence-corrected chi connectivity index (χ1v) is 5.80. The minimum Gasteiger partial charge on any atom is -0.496 e. The van der Waals surface area contributed by atoms with Gasteiger partial charge in [-0.05, 0) is 13.0 Å². The zero-order chi connectivity index (χ0) is 14.6. The monoisotopic (exact) mass is 322 g/mol. The van der Waals surface area contributed by atoms with E-state index in [1.807, 2.05) is 0 Å². The molecule has 20 heavy (non-hydrogen) atoms. The molecule has 0 aliphatic heterocycles. The molecule has 0 heterocycles. The van der Waals surface area contributed by atoms with Crippen LogP contribution < -0.4 is 15.8 Å². The van der Waals surface area contributed by atoms with Gasteiger partial charge in [-0.1, -0.05) is 11.6 Å². The largest absolute Gasteiger partial charge is 0.496 e. The van der Waals surface area contributed by atoms with Crippen LogP contribution in [0.15, 0.2) is 12.1 Å². The molecule has 0 aromatic heterocycles. The standard InChI is InChI=1S/C12H15ClN2O4.ClH/c1-6(12(17)19-3)15-11(16)7-4-8(13)9(14)5-10(7)18-2;/h4-6H,14H2,1-3H3,(H,15,16);1H/t6-;/m1./s1. The highest BCUT2D eigenvalue weighted by molar-refractivity contribution is 6.33. The summed E-state index contributed by atoms with van der Waals surface area (Å²) < 4.78 is 9.57. The van der Waals surface area contributed by atoms with Crippen LogP contribution in [0.2, 0.25) is 5.02 Å². The Morgan fingerprint density at radius 3 is 2.45 bits per heavy atom. The Bertz CT molecular complexity index is 508. The molecule has 0 spiro atoms. The van der Waals surface area contributed by atoms with Crippen molar-refractivity contribution in [3.63, 3.8) is 0 Å². The zero-order valence-corrected chi connectivity index (χ0v) is 12.8. The Kier molecular flexibility index (Phi) is 7.17. The first-order chi connectivity index (χ1) is 8.90. The maximum Gasteiger partial charge on any atom is 0.328 e. The van der Waals surface area contributed by atoms with E-state index in [-0.39, 0.29) is 28.7 Å². The van der Waals surface area contributed by atoms with Crippen LogP contribution in [0.1, 0.15) is 17.3 Å². The average molecular weight is 323 g/mol. The summed E-state index contributed by atoms with van der Waals surface area (Å²) in [4.78, 5) is 23.3. The number of hydrogen-bond acceptors (Lipinski definition) is 5. The van der Waals surface area contributed by atoms with Crippen molar-refractivity contribution in [3.8, 4) is 5.75 Å². The molecule has 1 rings (SSSR count). The van der Waals surface area contributed by atoms with Gasteiger partial charge in [0.15, 0.2) is 0 Å². The van der Waals surface area contributed by atoms with E-state index >= 15 is 0 Å². The fourth-order valence-electron chi connectivity index (χ4n) is 1.43. The van der Waals surface area contributed by atoms with Gasteiger partial charge < -0.3 is 20.5 Å². The van der Waals surface area contributed by atoms with Gasteiger partial charge in [-0.2, -0.15) is 0 Å². The Labute approximate surface area is 128 Å². The summed E-state index contributed by atoms with van der Waals surface area (Å²) in [5.41, 5.74) is 6.11. The quantitative estimate of drug-likeness (QED) is 0.649. The van der Waals surface area contributed by atoms with E-state index in [0.717, 1.165) is 0 Å². The van der Waals surface area contributed by atoms with Crippen LogP contribution in [0.4, 0.5) is 5.69 Å². The number of amides is 1. The first kappa shape index (κ1) is 18.3. The van der Waals surface area contributed by atoms with Gasteiger partial charge in [-0.15, -0.1) is 12.4 Å². The van der Waals surface area contributed by atoms with Gasteiger partial charge in [0.25, 0.3) is 5.91 Å². The summed E-state index contributed by atoms with van der Waals surface area (Å²) in [7, 11) is 2.65. The van der Waals surface area contributed by atoms with Gasteiger partial charge in [-0.3, -0.25) is 4.79 Å². The number of carbonyl (C=O) groups excluding carboxylic acids is 2. The lowest BCUT2D eigenvalue weighted by Crippen LogP contribution is -2.39. The highest BCUT2D eigenvalue weighted by Gasteiger charge is 2.20. The van der Waals surface area contributed by atoms with E-state index in [9.17, 15) is 9.59 Å². The summed E-state index contributed by atoms with van der Waals surface area (Å²) >= 11 is 5.86. The summed E-state index contributed by atoms with van der Waals surface area (Å²) in [6, 6.07) is 2.05. The van der Waals surface area contributed by atoms with Gasteiger partial charge >= 0.3 is 5.97 Å². The number of nitrogens with one attached hydrogen (secondary N) is 1. The Morgan fingerprint density at radius 2 is 1.95 bits per heavy atom.